The van der Waals surface area contributed by atoms with Crippen LogP contribution in [0.2, 0.25) is 0 Å². The molecule has 0 aliphatic carbocycles. The molecule has 11 heteroatoms. The molecule has 11 nitrogen and oxygen atoms in total. The van der Waals surface area contributed by atoms with Gasteiger partial charge in [-0.05, 0) is 25.8 Å². The summed E-state index contributed by atoms with van der Waals surface area (Å²) in [5.74, 6) is -0.0330. The molecule has 0 spiro atoms. The second-order valence-electron chi connectivity index (χ2n) is 7.03. The van der Waals surface area contributed by atoms with Crippen LogP contribution in [0.15, 0.2) is 6.33 Å². The van der Waals surface area contributed by atoms with E-state index in [1.54, 1.807) is 9.91 Å². The van der Waals surface area contributed by atoms with Gasteiger partial charge >= 0.3 is 12.1 Å². The average Bonchev–Trinajstić information content (AvgIpc) is 3.06. The molecule has 0 aromatic carbocycles. The number of hydrazine groups is 1. The number of aliphatic carboxylic acids is 1. The van der Waals surface area contributed by atoms with Crippen LogP contribution in [0.1, 0.15) is 39.0 Å². The number of aromatic nitrogens is 2. The summed E-state index contributed by atoms with van der Waals surface area (Å²) in [6.45, 7) is 2.86. The summed E-state index contributed by atoms with van der Waals surface area (Å²) in [6, 6.07) is -0.857. The molecular weight excluding hydrogens is 378 g/mol. The Morgan fingerprint density at radius 3 is 2.72 bits per heavy atom. The first-order chi connectivity index (χ1) is 13.9. The summed E-state index contributed by atoms with van der Waals surface area (Å²) >= 11 is 0. The number of fused-ring (bicyclic) bond motifs is 1. The van der Waals surface area contributed by atoms with E-state index in [9.17, 15) is 14.7 Å². The van der Waals surface area contributed by atoms with Gasteiger partial charge in [-0.1, -0.05) is 19.8 Å². The van der Waals surface area contributed by atoms with Crippen molar-refractivity contribution in [3.8, 4) is 0 Å². The first-order valence-corrected chi connectivity index (χ1v) is 9.83. The zero-order valence-corrected chi connectivity index (χ0v) is 17.3. The maximum absolute atomic E-state index is 12.7. The van der Waals surface area contributed by atoms with E-state index in [4.69, 9.17) is 10.5 Å². The lowest BCUT2D eigenvalue weighted by atomic mass is 10.2. The fraction of sp³-hybridized carbons (Fsp3) is 0.667. The molecule has 0 saturated carbocycles. The molecule has 1 aromatic heterocycles. The molecule has 162 valence electrons. The summed E-state index contributed by atoms with van der Waals surface area (Å²) in [5, 5.41) is 11.1. The number of nitrogens with two attached hydrogens (primary N) is 1. The largest absolute Gasteiger partial charge is 0.480 e. The first kappa shape index (κ1) is 22.6. The number of carbonyl (C=O) groups excluding carboxylic acids is 1. The SMILES string of the molecule is CCCCCOC(=O)N1CN(N[C@@H](CCCN)C(=O)O)c2ncnc(N(C)C)c21. The van der Waals surface area contributed by atoms with E-state index in [-0.39, 0.29) is 6.67 Å². The Balaban J connectivity index is 2.25. The van der Waals surface area contributed by atoms with E-state index in [0.717, 1.165) is 19.3 Å². The number of anilines is 3. The molecule has 0 unspecified atom stereocenters. The predicted octanol–water partition coefficient (Wildman–Crippen LogP) is 1.15. The van der Waals surface area contributed by atoms with Crippen molar-refractivity contribution in [1.29, 1.82) is 0 Å². The highest BCUT2D eigenvalue weighted by Gasteiger charge is 2.38. The second-order valence-corrected chi connectivity index (χ2v) is 7.03. The molecule has 2 heterocycles. The maximum atomic E-state index is 12.7. The monoisotopic (exact) mass is 409 g/mol. The molecular formula is C18H31N7O4. The van der Waals surface area contributed by atoms with Gasteiger partial charge in [0.05, 0.1) is 6.61 Å². The van der Waals surface area contributed by atoms with E-state index in [2.05, 4.69) is 22.3 Å². The number of hydrogen-bond donors (Lipinski definition) is 3. The molecule has 1 amide bonds. The molecule has 0 fully saturated rings. The van der Waals surface area contributed by atoms with E-state index in [1.165, 1.54) is 11.2 Å². The Hall–Kier alpha value is -2.66. The normalized spacial score (nSPS) is 13.9. The topological polar surface area (TPSA) is 137 Å². The summed E-state index contributed by atoms with van der Waals surface area (Å²) < 4.78 is 5.41. The third-order valence-corrected chi connectivity index (χ3v) is 4.52. The number of unbranched alkanes of at least 4 members (excludes halogenated alkanes) is 2. The Morgan fingerprint density at radius 1 is 1.34 bits per heavy atom. The number of nitrogens with zero attached hydrogens (tertiary/aromatic N) is 5. The molecule has 1 aliphatic rings. The molecule has 0 saturated heterocycles. The van der Waals surface area contributed by atoms with Crippen LogP contribution in [-0.2, 0) is 9.53 Å². The highest BCUT2D eigenvalue weighted by molar-refractivity contribution is 5.99. The van der Waals surface area contributed by atoms with Gasteiger partial charge in [0.25, 0.3) is 0 Å². The molecule has 2 rings (SSSR count). The van der Waals surface area contributed by atoms with Gasteiger partial charge in [0.2, 0.25) is 0 Å². The lowest BCUT2D eigenvalue weighted by Gasteiger charge is -2.24. The molecule has 4 N–H and O–H groups in total. The smallest absolute Gasteiger partial charge is 0.416 e. The van der Waals surface area contributed by atoms with Crippen LogP contribution in [0, 0.1) is 0 Å². The van der Waals surface area contributed by atoms with Gasteiger partial charge in [-0.25, -0.2) is 20.2 Å². The third kappa shape index (κ3) is 5.67. The Kier molecular flexibility index (Phi) is 8.40. The highest BCUT2D eigenvalue weighted by atomic mass is 16.6. The van der Waals surface area contributed by atoms with Gasteiger partial charge in [-0.3, -0.25) is 14.7 Å². The van der Waals surface area contributed by atoms with Crippen LogP contribution in [0.4, 0.5) is 22.1 Å². The van der Waals surface area contributed by atoms with E-state index < -0.39 is 18.1 Å². The minimum Gasteiger partial charge on any atom is -0.480 e. The highest BCUT2D eigenvalue weighted by Crippen LogP contribution is 2.39. The van der Waals surface area contributed by atoms with Gasteiger partial charge in [0.15, 0.2) is 11.6 Å². The van der Waals surface area contributed by atoms with Crippen LogP contribution < -0.4 is 26.0 Å². The van der Waals surface area contributed by atoms with Crippen LogP contribution in [0.5, 0.6) is 0 Å². The summed E-state index contributed by atoms with van der Waals surface area (Å²) in [6.07, 6.45) is 4.57. The maximum Gasteiger partial charge on any atom is 0.416 e. The Morgan fingerprint density at radius 2 is 2.10 bits per heavy atom. The van der Waals surface area contributed by atoms with Gasteiger partial charge in [-0.15, -0.1) is 0 Å². The number of ether oxygens (including phenoxy) is 1. The van der Waals surface area contributed by atoms with Crippen LogP contribution in [0.25, 0.3) is 0 Å². The van der Waals surface area contributed by atoms with Gasteiger partial charge in [0, 0.05) is 14.1 Å². The van der Waals surface area contributed by atoms with Gasteiger partial charge in [-0.2, -0.15) is 0 Å². The standard InChI is InChI=1S/C18H31N7O4/c1-4-5-6-10-29-18(28)24-12-25(22-13(17(26)27)8-7-9-19)16-14(24)15(23(2)3)20-11-21-16/h11,13,22H,4-10,12,19H2,1-3H3,(H,26,27)/t13-/m0/s1. The zero-order chi connectivity index (χ0) is 21.4. The van der Waals surface area contributed by atoms with Gasteiger partial charge in [0.1, 0.15) is 24.7 Å². The number of carboxylic acid groups (broad SMARTS) is 1. The minimum atomic E-state index is -0.998. The Bertz CT molecular complexity index is 701. The molecule has 0 radical (unpaired) electrons. The zero-order valence-electron chi connectivity index (χ0n) is 17.3. The third-order valence-electron chi connectivity index (χ3n) is 4.52. The number of carboxylic acids is 1. The van der Waals surface area contributed by atoms with Crippen molar-refractivity contribution < 1.29 is 19.4 Å². The van der Waals surface area contributed by atoms with Crippen LogP contribution >= 0.6 is 0 Å². The average molecular weight is 409 g/mol. The second kappa shape index (κ2) is 10.8. The number of carbonyl (C=O) groups is 2. The molecule has 1 aromatic rings. The van der Waals surface area contributed by atoms with Crippen molar-refractivity contribution in [1.82, 2.24) is 15.4 Å². The molecule has 0 bridgehead atoms. The summed E-state index contributed by atoms with van der Waals surface area (Å²) in [5.41, 5.74) is 8.95. The lowest BCUT2D eigenvalue weighted by Crippen LogP contribution is -2.51. The molecule has 1 atom stereocenters. The van der Waals surface area contributed by atoms with Crippen LogP contribution in [0.3, 0.4) is 0 Å². The fourth-order valence-electron chi connectivity index (χ4n) is 3.00. The quantitative estimate of drug-likeness (QED) is 0.456. The van der Waals surface area contributed by atoms with E-state index >= 15 is 0 Å². The molecule has 29 heavy (non-hydrogen) atoms. The van der Waals surface area contributed by atoms with Crippen molar-refractivity contribution >= 4 is 29.4 Å². The van der Waals surface area contributed by atoms with Crippen LogP contribution in [-0.4, -0.2) is 67.1 Å². The summed E-state index contributed by atoms with van der Waals surface area (Å²) in [7, 11) is 3.62. The summed E-state index contributed by atoms with van der Waals surface area (Å²) in [4.78, 5) is 36.1. The van der Waals surface area contributed by atoms with Crippen molar-refractivity contribution in [2.75, 3.05) is 48.7 Å². The van der Waals surface area contributed by atoms with Crippen molar-refractivity contribution in [3.63, 3.8) is 0 Å². The molecule has 1 aliphatic heterocycles. The van der Waals surface area contributed by atoms with E-state index in [1.807, 2.05) is 14.1 Å². The number of nitrogens with one attached hydrogen (secondary N) is 1. The van der Waals surface area contributed by atoms with E-state index in [0.29, 0.717) is 43.3 Å². The van der Waals surface area contributed by atoms with Crippen molar-refractivity contribution in [2.24, 2.45) is 5.73 Å². The number of hydrogen-bond acceptors (Lipinski definition) is 9. The number of rotatable bonds is 11. The first-order valence-electron chi connectivity index (χ1n) is 9.83. The van der Waals surface area contributed by atoms with Crippen molar-refractivity contribution in [3.05, 3.63) is 6.33 Å². The fourth-order valence-corrected chi connectivity index (χ4v) is 3.00. The van der Waals surface area contributed by atoms with Gasteiger partial charge < -0.3 is 20.5 Å². The predicted molar refractivity (Wildman–Crippen MR) is 110 cm³/mol. The van der Waals surface area contributed by atoms with Crippen molar-refractivity contribution in [2.45, 2.75) is 45.1 Å². The number of amides is 1. The Labute approximate surface area is 170 Å². The lowest BCUT2D eigenvalue weighted by molar-refractivity contribution is -0.139. The minimum absolute atomic E-state index is 0.0634.